The molecule has 1 aliphatic heterocycles. The van der Waals surface area contributed by atoms with Crippen molar-refractivity contribution in [3.63, 3.8) is 0 Å². The van der Waals surface area contributed by atoms with E-state index >= 15 is 0 Å². The average Bonchev–Trinajstić information content (AvgIpc) is 3.43. The number of carbonyl (C=O) groups excluding carboxylic acids is 2. The molecule has 4 aromatic rings. The van der Waals surface area contributed by atoms with Gasteiger partial charge in [-0.3, -0.25) is 14.3 Å². The summed E-state index contributed by atoms with van der Waals surface area (Å²) >= 11 is 0. The summed E-state index contributed by atoms with van der Waals surface area (Å²) in [6.07, 6.45) is 6.20. The highest BCUT2D eigenvalue weighted by atomic mass is 16.5. The number of nitrogens with one attached hydrogen (secondary N) is 1. The van der Waals surface area contributed by atoms with Gasteiger partial charge in [0.25, 0.3) is 11.8 Å². The van der Waals surface area contributed by atoms with Crippen LogP contribution in [0, 0.1) is 0 Å². The van der Waals surface area contributed by atoms with E-state index in [1.165, 1.54) is 0 Å². The fourth-order valence-electron chi connectivity index (χ4n) is 4.76. The molecule has 6 rings (SSSR count). The fraction of sp³-hybridized carbons (Fsp3) is 0.286. The lowest BCUT2D eigenvalue weighted by molar-refractivity contribution is 0.0730. The van der Waals surface area contributed by atoms with Crippen LogP contribution in [0.5, 0.6) is 5.75 Å². The molecule has 0 spiro atoms. The Morgan fingerprint density at radius 1 is 1.11 bits per heavy atom. The van der Waals surface area contributed by atoms with Crippen molar-refractivity contribution in [2.45, 2.75) is 38.4 Å². The molecule has 1 N–H and O–H groups in total. The van der Waals surface area contributed by atoms with E-state index in [0.29, 0.717) is 37.3 Å². The van der Waals surface area contributed by atoms with Gasteiger partial charge in [0.1, 0.15) is 5.75 Å². The zero-order valence-corrected chi connectivity index (χ0v) is 20.6. The van der Waals surface area contributed by atoms with Crippen LogP contribution in [0.1, 0.15) is 50.5 Å². The van der Waals surface area contributed by atoms with Gasteiger partial charge in [0.2, 0.25) is 0 Å². The molecule has 2 aliphatic rings. The molecule has 9 heteroatoms. The summed E-state index contributed by atoms with van der Waals surface area (Å²) in [6, 6.07) is 17.3. The maximum atomic E-state index is 13.4. The molecule has 0 bridgehead atoms. The minimum Gasteiger partial charge on any atom is -0.497 e. The van der Waals surface area contributed by atoms with Gasteiger partial charge in [0.05, 0.1) is 25.9 Å². The number of carbonyl (C=O) groups is 2. The summed E-state index contributed by atoms with van der Waals surface area (Å²) in [5, 5.41) is 12.0. The number of fused-ring (bicyclic) bond motifs is 1. The molecule has 3 heterocycles. The Kier molecular flexibility index (Phi) is 5.96. The first-order valence-corrected chi connectivity index (χ1v) is 12.5. The van der Waals surface area contributed by atoms with E-state index in [1.54, 1.807) is 22.9 Å². The minimum atomic E-state index is -0.166. The predicted molar refractivity (Wildman–Crippen MR) is 137 cm³/mol. The van der Waals surface area contributed by atoms with Crippen LogP contribution in [0.25, 0.3) is 5.69 Å². The Balaban J connectivity index is 1.26. The van der Waals surface area contributed by atoms with E-state index < -0.39 is 0 Å². The number of benzene rings is 2. The van der Waals surface area contributed by atoms with Gasteiger partial charge in [0, 0.05) is 48.2 Å². The van der Waals surface area contributed by atoms with Crippen molar-refractivity contribution in [2.24, 2.45) is 0 Å². The number of hydrogen-bond donors (Lipinski definition) is 1. The quantitative estimate of drug-likeness (QED) is 0.424. The second kappa shape index (κ2) is 9.57. The number of rotatable bonds is 7. The van der Waals surface area contributed by atoms with Gasteiger partial charge in [-0.1, -0.05) is 12.1 Å². The van der Waals surface area contributed by atoms with Gasteiger partial charge in [0.15, 0.2) is 5.69 Å². The Hall–Kier alpha value is -4.40. The summed E-state index contributed by atoms with van der Waals surface area (Å²) in [7, 11) is 1.64. The standard InChI is InChI=1S/C28H28N6O3/c1-37-23-5-2-4-19(16-23)17-34-25-12-15-32(18-24(25)26(31-34)27(35)30-21-8-9-21)28(36)20-6-10-22(11-7-20)33-14-3-13-29-33/h2-7,10-11,13-14,16,21H,8-9,12,15,17-18H2,1H3,(H,30,35). The smallest absolute Gasteiger partial charge is 0.272 e. The molecule has 1 aliphatic carbocycles. The van der Waals surface area contributed by atoms with Crippen LogP contribution in [0.4, 0.5) is 0 Å². The topological polar surface area (TPSA) is 94.3 Å². The van der Waals surface area contributed by atoms with Crippen molar-refractivity contribution >= 4 is 11.8 Å². The zero-order valence-electron chi connectivity index (χ0n) is 20.6. The molecule has 9 nitrogen and oxygen atoms in total. The molecule has 1 fully saturated rings. The van der Waals surface area contributed by atoms with Crippen LogP contribution < -0.4 is 10.1 Å². The van der Waals surface area contributed by atoms with Gasteiger partial charge in [-0.2, -0.15) is 10.2 Å². The molecule has 0 unspecified atom stereocenters. The molecule has 2 aromatic carbocycles. The SMILES string of the molecule is COc1cccc(Cn2nc(C(=O)NC3CC3)c3c2CCN(C(=O)c2ccc(-n4cccn4)cc2)C3)c1. The molecule has 1 saturated carbocycles. The largest absolute Gasteiger partial charge is 0.497 e. The Bertz CT molecular complexity index is 1440. The Morgan fingerprint density at radius 3 is 2.68 bits per heavy atom. The lowest BCUT2D eigenvalue weighted by atomic mass is 10.0. The number of aromatic nitrogens is 4. The number of nitrogens with zero attached hydrogens (tertiary/aromatic N) is 5. The van der Waals surface area contributed by atoms with Crippen LogP contribution in [0.15, 0.2) is 67.0 Å². The van der Waals surface area contributed by atoms with Gasteiger partial charge in [-0.05, 0) is 60.9 Å². The summed E-state index contributed by atoms with van der Waals surface area (Å²) in [6.45, 7) is 1.43. The summed E-state index contributed by atoms with van der Waals surface area (Å²) < 4.78 is 9.03. The molecule has 2 aromatic heterocycles. The minimum absolute atomic E-state index is 0.0632. The molecule has 188 valence electrons. The third kappa shape index (κ3) is 4.72. The third-order valence-electron chi connectivity index (χ3n) is 6.90. The van der Waals surface area contributed by atoms with Crippen molar-refractivity contribution in [1.82, 2.24) is 29.8 Å². The summed E-state index contributed by atoms with van der Waals surface area (Å²) in [4.78, 5) is 28.3. The number of hydrogen-bond acceptors (Lipinski definition) is 5. The van der Waals surface area contributed by atoms with Crippen LogP contribution >= 0.6 is 0 Å². The van der Waals surface area contributed by atoms with Crippen molar-refractivity contribution in [3.05, 3.63) is 95.1 Å². The Labute approximate surface area is 214 Å². The summed E-state index contributed by atoms with van der Waals surface area (Å²) in [5.41, 5.74) is 4.77. The second-order valence-electron chi connectivity index (χ2n) is 9.50. The lowest BCUT2D eigenvalue weighted by Crippen LogP contribution is -2.37. The van der Waals surface area contributed by atoms with Crippen LogP contribution in [-0.4, -0.2) is 56.0 Å². The lowest BCUT2D eigenvalue weighted by Gasteiger charge is -2.28. The average molecular weight is 497 g/mol. The third-order valence-corrected chi connectivity index (χ3v) is 6.90. The predicted octanol–water partition coefficient (Wildman–Crippen LogP) is 3.22. The molecule has 37 heavy (non-hydrogen) atoms. The second-order valence-corrected chi connectivity index (χ2v) is 9.50. The summed E-state index contributed by atoms with van der Waals surface area (Å²) in [5.74, 6) is 0.549. The fourth-order valence-corrected chi connectivity index (χ4v) is 4.76. The molecule has 2 amide bonds. The van der Waals surface area contributed by atoms with Crippen LogP contribution in [0.2, 0.25) is 0 Å². The van der Waals surface area contributed by atoms with E-state index in [4.69, 9.17) is 9.84 Å². The molecule has 0 saturated heterocycles. The highest BCUT2D eigenvalue weighted by Gasteiger charge is 2.32. The molecule has 0 atom stereocenters. The van der Waals surface area contributed by atoms with Crippen molar-refractivity contribution in [2.75, 3.05) is 13.7 Å². The normalized spacial score (nSPS) is 14.8. The number of ether oxygens (including phenoxy) is 1. The van der Waals surface area contributed by atoms with E-state index in [1.807, 2.05) is 65.5 Å². The first kappa shape index (κ1) is 23.0. The van der Waals surface area contributed by atoms with Gasteiger partial charge >= 0.3 is 0 Å². The van der Waals surface area contributed by atoms with Crippen LogP contribution in [0.3, 0.4) is 0 Å². The molecular weight excluding hydrogens is 468 g/mol. The number of methoxy groups -OCH3 is 1. The van der Waals surface area contributed by atoms with Gasteiger partial charge in [-0.25, -0.2) is 4.68 Å². The van der Waals surface area contributed by atoms with Crippen LogP contribution in [-0.2, 0) is 19.5 Å². The monoisotopic (exact) mass is 496 g/mol. The van der Waals surface area contributed by atoms with Gasteiger partial charge < -0.3 is 15.0 Å². The molecular formula is C28H28N6O3. The van der Waals surface area contributed by atoms with Crippen molar-refractivity contribution in [3.8, 4) is 11.4 Å². The van der Waals surface area contributed by atoms with E-state index in [0.717, 1.165) is 41.1 Å². The van der Waals surface area contributed by atoms with Crippen molar-refractivity contribution in [1.29, 1.82) is 0 Å². The zero-order chi connectivity index (χ0) is 25.4. The van der Waals surface area contributed by atoms with Gasteiger partial charge in [-0.15, -0.1) is 0 Å². The highest BCUT2D eigenvalue weighted by Crippen LogP contribution is 2.27. The maximum Gasteiger partial charge on any atom is 0.272 e. The molecule has 0 radical (unpaired) electrons. The van der Waals surface area contributed by atoms with E-state index in [9.17, 15) is 9.59 Å². The number of amides is 2. The van der Waals surface area contributed by atoms with Crippen molar-refractivity contribution < 1.29 is 14.3 Å². The van der Waals surface area contributed by atoms with E-state index in [2.05, 4.69) is 10.4 Å². The first-order chi connectivity index (χ1) is 18.1. The first-order valence-electron chi connectivity index (χ1n) is 12.5. The van der Waals surface area contributed by atoms with E-state index in [-0.39, 0.29) is 17.9 Å². The maximum absolute atomic E-state index is 13.4. The highest BCUT2D eigenvalue weighted by molar-refractivity contribution is 5.96. The Morgan fingerprint density at radius 2 is 1.95 bits per heavy atom.